The Hall–Kier alpha value is -0.770. The summed E-state index contributed by atoms with van der Waals surface area (Å²) < 4.78 is 0. The van der Waals surface area contributed by atoms with Gasteiger partial charge in [-0.3, -0.25) is 9.63 Å². The van der Waals surface area contributed by atoms with Crippen LogP contribution in [-0.2, 0) is 9.63 Å². The van der Waals surface area contributed by atoms with Crippen molar-refractivity contribution in [2.24, 2.45) is 0 Å². The summed E-state index contributed by atoms with van der Waals surface area (Å²) in [5, 5.41) is -0.169. The van der Waals surface area contributed by atoms with Crippen LogP contribution in [0.25, 0.3) is 0 Å². The molecule has 5 heteroatoms. The minimum atomic E-state index is -0.771. The fraction of sp³-hybridized carbons (Fsp3) is 0.222. The van der Waals surface area contributed by atoms with Crippen LogP contribution in [0.1, 0.15) is 10.9 Å². The van der Waals surface area contributed by atoms with Crippen LogP contribution >= 0.6 is 23.2 Å². The summed E-state index contributed by atoms with van der Waals surface area (Å²) in [7, 11) is 1.35. The largest absolute Gasteiger partial charge is 0.277 e. The second kappa shape index (κ2) is 5.20. The van der Waals surface area contributed by atoms with Crippen LogP contribution < -0.4 is 5.48 Å². The average Bonchev–Trinajstić information content (AvgIpc) is 2.18. The van der Waals surface area contributed by atoms with Gasteiger partial charge in [-0.1, -0.05) is 23.7 Å². The molecule has 14 heavy (non-hydrogen) atoms. The third-order valence-electron chi connectivity index (χ3n) is 1.60. The van der Waals surface area contributed by atoms with E-state index in [1.54, 1.807) is 24.3 Å². The second-order valence-electron chi connectivity index (χ2n) is 2.58. The van der Waals surface area contributed by atoms with E-state index in [1.165, 1.54) is 7.11 Å². The molecular formula is C9H9Cl2NO2. The zero-order valence-electron chi connectivity index (χ0n) is 7.46. The number of hydrogen-bond acceptors (Lipinski definition) is 2. The molecule has 0 saturated heterocycles. The molecular weight excluding hydrogens is 225 g/mol. The van der Waals surface area contributed by atoms with E-state index < -0.39 is 11.3 Å². The molecule has 0 spiro atoms. The van der Waals surface area contributed by atoms with Crippen molar-refractivity contribution in [1.29, 1.82) is 0 Å². The van der Waals surface area contributed by atoms with Gasteiger partial charge in [-0.2, -0.15) is 0 Å². The van der Waals surface area contributed by atoms with E-state index in [4.69, 9.17) is 23.2 Å². The predicted octanol–water partition coefficient (Wildman–Crippen LogP) is 2.30. The highest BCUT2D eigenvalue weighted by Gasteiger charge is 2.16. The summed E-state index contributed by atoms with van der Waals surface area (Å²) in [6.45, 7) is 0. The topological polar surface area (TPSA) is 38.3 Å². The fourth-order valence-electron chi connectivity index (χ4n) is 0.935. The third-order valence-corrected chi connectivity index (χ3v) is 2.30. The Morgan fingerprint density at radius 3 is 2.50 bits per heavy atom. The summed E-state index contributed by atoms with van der Waals surface area (Å²) in [5.74, 6) is -0.406. The number of carbonyl (C=O) groups is 1. The van der Waals surface area contributed by atoms with E-state index in [2.05, 4.69) is 10.3 Å². The molecule has 0 radical (unpaired) electrons. The molecule has 1 unspecified atom stereocenters. The number of nitrogens with one attached hydrogen (secondary N) is 1. The summed E-state index contributed by atoms with van der Waals surface area (Å²) in [5.41, 5.74) is 2.83. The molecule has 1 amide bonds. The zero-order valence-corrected chi connectivity index (χ0v) is 8.97. The van der Waals surface area contributed by atoms with E-state index in [9.17, 15) is 4.79 Å². The van der Waals surface area contributed by atoms with Crippen molar-refractivity contribution >= 4 is 29.1 Å². The Balaban J connectivity index is 2.73. The fourth-order valence-corrected chi connectivity index (χ4v) is 1.25. The van der Waals surface area contributed by atoms with E-state index >= 15 is 0 Å². The molecule has 1 rings (SSSR count). The maximum Gasteiger partial charge on any atom is 0.266 e. The van der Waals surface area contributed by atoms with Crippen LogP contribution in [0.4, 0.5) is 0 Å². The first-order valence-electron chi connectivity index (χ1n) is 3.87. The van der Waals surface area contributed by atoms with Gasteiger partial charge in [0.15, 0.2) is 0 Å². The zero-order chi connectivity index (χ0) is 10.6. The molecule has 1 aromatic rings. The van der Waals surface area contributed by atoms with Crippen molar-refractivity contribution in [3.05, 3.63) is 34.9 Å². The predicted molar refractivity (Wildman–Crippen MR) is 55.2 cm³/mol. The summed E-state index contributed by atoms with van der Waals surface area (Å²) in [4.78, 5) is 15.7. The van der Waals surface area contributed by atoms with Crippen LogP contribution in [0, 0.1) is 0 Å². The van der Waals surface area contributed by atoms with Crippen molar-refractivity contribution in [3.63, 3.8) is 0 Å². The van der Waals surface area contributed by atoms with Gasteiger partial charge in [-0.15, -0.1) is 11.6 Å². The lowest BCUT2D eigenvalue weighted by Crippen LogP contribution is -2.25. The van der Waals surface area contributed by atoms with Crippen molar-refractivity contribution < 1.29 is 9.63 Å². The minimum absolute atomic E-state index is 0.406. The highest BCUT2D eigenvalue weighted by Crippen LogP contribution is 2.22. The van der Waals surface area contributed by atoms with Crippen LogP contribution in [0.15, 0.2) is 24.3 Å². The molecule has 0 aromatic heterocycles. The normalized spacial score (nSPS) is 12.2. The molecule has 0 saturated carbocycles. The van der Waals surface area contributed by atoms with E-state index in [0.717, 1.165) is 0 Å². The van der Waals surface area contributed by atoms with Crippen LogP contribution in [-0.4, -0.2) is 13.0 Å². The number of hydroxylamine groups is 1. The maximum atomic E-state index is 11.2. The van der Waals surface area contributed by atoms with E-state index in [1.807, 2.05) is 0 Å². The number of rotatable bonds is 3. The molecule has 0 aliphatic heterocycles. The molecule has 0 fully saturated rings. The van der Waals surface area contributed by atoms with E-state index in [-0.39, 0.29) is 0 Å². The molecule has 1 atom stereocenters. The van der Waals surface area contributed by atoms with Crippen molar-refractivity contribution in [2.75, 3.05) is 7.11 Å². The van der Waals surface area contributed by atoms with Gasteiger partial charge in [0.05, 0.1) is 7.11 Å². The van der Waals surface area contributed by atoms with E-state index in [0.29, 0.717) is 10.6 Å². The lowest BCUT2D eigenvalue weighted by molar-refractivity contribution is -0.131. The number of halogens is 2. The Labute approximate surface area is 91.9 Å². The quantitative estimate of drug-likeness (QED) is 0.643. The summed E-state index contributed by atoms with van der Waals surface area (Å²) in [6, 6.07) is 6.73. The standard InChI is InChI=1S/C9H9Cl2NO2/c1-14-12-9(13)8(11)6-2-4-7(10)5-3-6/h2-5,8H,1H3,(H,12,13). The van der Waals surface area contributed by atoms with Crippen LogP contribution in [0.2, 0.25) is 5.02 Å². The maximum absolute atomic E-state index is 11.2. The smallest absolute Gasteiger partial charge is 0.266 e. The Morgan fingerprint density at radius 2 is 2.00 bits per heavy atom. The number of alkyl halides is 1. The Bertz CT molecular complexity index is 313. The molecule has 1 aromatic carbocycles. The van der Waals surface area contributed by atoms with Gasteiger partial charge in [0.25, 0.3) is 5.91 Å². The molecule has 76 valence electrons. The number of benzene rings is 1. The molecule has 1 N–H and O–H groups in total. The van der Waals surface area contributed by atoms with Crippen molar-refractivity contribution in [1.82, 2.24) is 5.48 Å². The lowest BCUT2D eigenvalue weighted by Gasteiger charge is -2.08. The third kappa shape index (κ3) is 2.87. The summed E-state index contributed by atoms with van der Waals surface area (Å²) in [6.07, 6.45) is 0. The molecule has 3 nitrogen and oxygen atoms in total. The summed E-state index contributed by atoms with van der Waals surface area (Å²) >= 11 is 11.5. The molecule has 0 bridgehead atoms. The highest BCUT2D eigenvalue weighted by atomic mass is 35.5. The SMILES string of the molecule is CONC(=O)C(Cl)c1ccc(Cl)cc1. The van der Waals surface area contributed by atoms with Gasteiger partial charge < -0.3 is 0 Å². The number of carbonyl (C=O) groups excluding carboxylic acids is 1. The first-order valence-corrected chi connectivity index (χ1v) is 4.69. The van der Waals surface area contributed by atoms with Gasteiger partial charge in [0.1, 0.15) is 5.38 Å². The van der Waals surface area contributed by atoms with Gasteiger partial charge in [0, 0.05) is 5.02 Å². The van der Waals surface area contributed by atoms with Gasteiger partial charge in [-0.25, -0.2) is 5.48 Å². The van der Waals surface area contributed by atoms with Gasteiger partial charge in [-0.05, 0) is 17.7 Å². The Kier molecular flexibility index (Phi) is 4.20. The van der Waals surface area contributed by atoms with Crippen LogP contribution in [0.3, 0.4) is 0 Å². The molecule has 0 aliphatic carbocycles. The van der Waals surface area contributed by atoms with Crippen molar-refractivity contribution in [2.45, 2.75) is 5.38 Å². The van der Waals surface area contributed by atoms with Gasteiger partial charge >= 0.3 is 0 Å². The molecule has 0 heterocycles. The lowest BCUT2D eigenvalue weighted by atomic mass is 10.1. The minimum Gasteiger partial charge on any atom is -0.277 e. The van der Waals surface area contributed by atoms with Gasteiger partial charge in [0.2, 0.25) is 0 Å². The number of amides is 1. The second-order valence-corrected chi connectivity index (χ2v) is 3.46. The first-order chi connectivity index (χ1) is 6.65. The first kappa shape index (κ1) is 11.3. The number of hydrogen-bond donors (Lipinski definition) is 1. The Morgan fingerprint density at radius 1 is 1.43 bits per heavy atom. The average molecular weight is 234 g/mol. The monoisotopic (exact) mass is 233 g/mol. The van der Waals surface area contributed by atoms with Crippen LogP contribution in [0.5, 0.6) is 0 Å². The van der Waals surface area contributed by atoms with Crippen molar-refractivity contribution in [3.8, 4) is 0 Å². The highest BCUT2D eigenvalue weighted by molar-refractivity contribution is 6.31. The molecule has 0 aliphatic rings.